The van der Waals surface area contributed by atoms with E-state index in [4.69, 9.17) is 4.74 Å². The Labute approximate surface area is 209 Å². The third-order valence-corrected chi connectivity index (χ3v) is 7.33. The van der Waals surface area contributed by atoms with Crippen LogP contribution in [0.4, 0.5) is 0 Å². The van der Waals surface area contributed by atoms with Gasteiger partial charge in [0, 0.05) is 43.8 Å². The molecule has 0 aliphatic carbocycles. The van der Waals surface area contributed by atoms with Crippen LogP contribution in [0.2, 0.25) is 0 Å². The molecule has 0 atom stereocenters. The van der Waals surface area contributed by atoms with E-state index in [0.717, 1.165) is 54.7 Å². The Balaban J connectivity index is 1.63. The maximum atomic E-state index is 13.2. The fourth-order valence-corrected chi connectivity index (χ4v) is 5.37. The molecule has 0 unspecified atom stereocenters. The zero-order valence-electron chi connectivity index (χ0n) is 20.9. The molecule has 3 heterocycles. The molecule has 3 aromatic heterocycles. The Morgan fingerprint density at radius 2 is 1.83 bits per heavy atom. The van der Waals surface area contributed by atoms with Gasteiger partial charge in [-0.1, -0.05) is 43.7 Å². The maximum Gasteiger partial charge on any atom is 0.262 e. The molecule has 9 heteroatoms. The number of carbonyl (C=O) groups excluding carboxylic acids is 1. The van der Waals surface area contributed by atoms with E-state index in [1.165, 1.54) is 11.8 Å². The number of para-hydroxylation sites is 1. The highest BCUT2D eigenvalue weighted by Crippen LogP contribution is 2.24. The second kappa shape index (κ2) is 11.2. The molecule has 186 valence electrons. The van der Waals surface area contributed by atoms with Crippen molar-refractivity contribution in [3.8, 4) is 0 Å². The average molecular weight is 496 g/mol. The van der Waals surface area contributed by atoms with E-state index in [2.05, 4.69) is 21.7 Å². The number of Topliss-reactive ketones (excluding diaryl/α,β-unsaturated/α-hetero) is 1. The van der Waals surface area contributed by atoms with Gasteiger partial charge in [-0.05, 0) is 44.9 Å². The molecular weight excluding hydrogens is 462 g/mol. The van der Waals surface area contributed by atoms with E-state index in [0.29, 0.717) is 29.5 Å². The first-order valence-corrected chi connectivity index (χ1v) is 13.1. The molecule has 8 nitrogen and oxygen atoms in total. The van der Waals surface area contributed by atoms with Crippen molar-refractivity contribution in [2.75, 3.05) is 19.5 Å². The van der Waals surface area contributed by atoms with Crippen molar-refractivity contribution in [2.24, 2.45) is 0 Å². The molecule has 4 aromatic rings. The van der Waals surface area contributed by atoms with Gasteiger partial charge in [-0.2, -0.15) is 0 Å². The van der Waals surface area contributed by atoms with Gasteiger partial charge < -0.3 is 9.30 Å². The molecule has 0 fully saturated rings. The van der Waals surface area contributed by atoms with Crippen LogP contribution in [0.5, 0.6) is 0 Å². The summed E-state index contributed by atoms with van der Waals surface area (Å²) >= 11 is 1.36. The molecule has 35 heavy (non-hydrogen) atoms. The van der Waals surface area contributed by atoms with E-state index >= 15 is 0 Å². The third-order valence-electron chi connectivity index (χ3n) is 6.40. The minimum absolute atomic E-state index is 0.0508. The first-order chi connectivity index (χ1) is 17.0. The second-order valence-corrected chi connectivity index (χ2v) is 9.74. The Morgan fingerprint density at radius 3 is 2.60 bits per heavy atom. The highest BCUT2D eigenvalue weighted by molar-refractivity contribution is 7.99. The first kappa shape index (κ1) is 25.2. The number of benzene rings is 1. The van der Waals surface area contributed by atoms with Crippen LogP contribution in [0, 0.1) is 13.8 Å². The fourth-order valence-electron chi connectivity index (χ4n) is 4.55. The quantitative estimate of drug-likeness (QED) is 0.161. The predicted octanol–water partition coefficient (Wildman–Crippen LogP) is 4.66. The number of thioether (sulfide) groups is 1. The predicted molar refractivity (Wildman–Crippen MR) is 140 cm³/mol. The summed E-state index contributed by atoms with van der Waals surface area (Å²) in [5.74, 6) is 0.821. The number of aromatic nitrogens is 5. The minimum Gasteiger partial charge on any atom is -0.385 e. The number of carbonyl (C=O) groups is 1. The third kappa shape index (κ3) is 5.06. The standard InChI is InChI=1S/C26H33N5O3S/c1-5-6-9-13-30-24(33)20-11-7-8-12-22(20)31-25(30)27-28-26(31)35-17-23(32)21-16-18(2)29(19(21)3)14-10-15-34-4/h7-8,11-12,16H,5-6,9-10,13-15,17H2,1-4H3. The molecule has 0 aliphatic rings. The summed E-state index contributed by atoms with van der Waals surface area (Å²) < 4.78 is 11.0. The number of hydrogen-bond acceptors (Lipinski definition) is 6. The Morgan fingerprint density at radius 1 is 1.06 bits per heavy atom. The Kier molecular flexibility index (Phi) is 8.07. The lowest BCUT2D eigenvalue weighted by molar-refractivity contribution is 0.102. The van der Waals surface area contributed by atoms with Gasteiger partial charge in [-0.3, -0.25) is 18.6 Å². The van der Waals surface area contributed by atoms with Crippen LogP contribution in [-0.4, -0.2) is 49.0 Å². The number of nitrogens with zero attached hydrogens (tertiary/aromatic N) is 5. The van der Waals surface area contributed by atoms with Crippen molar-refractivity contribution in [3.63, 3.8) is 0 Å². The topological polar surface area (TPSA) is 83.4 Å². The highest BCUT2D eigenvalue weighted by atomic mass is 32.2. The van der Waals surface area contributed by atoms with Gasteiger partial charge in [-0.15, -0.1) is 10.2 Å². The second-order valence-electron chi connectivity index (χ2n) is 8.79. The van der Waals surface area contributed by atoms with E-state index in [-0.39, 0.29) is 17.1 Å². The molecular formula is C26H33N5O3S. The van der Waals surface area contributed by atoms with Crippen LogP contribution in [0.1, 0.15) is 54.4 Å². The number of ketones is 1. The van der Waals surface area contributed by atoms with Gasteiger partial charge in [-0.25, -0.2) is 0 Å². The Hall–Kier alpha value is -2.91. The molecule has 0 N–H and O–H groups in total. The van der Waals surface area contributed by atoms with Crippen molar-refractivity contribution in [1.82, 2.24) is 23.7 Å². The molecule has 0 bridgehead atoms. The fraction of sp³-hybridized carbons (Fsp3) is 0.462. The largest absolute Gasteiger partial charge is 0.385 e. The summed E-state index contributed by atoms with van der Waals surface area (Å²) in [6, 6.07) is 9.48. The van der Waals surface area contributed by atoms with Crippen molar-refractivity contribution in [2.45, 2.75) is 64.7 Å². The van der Waals surface area contributed by atoms with E-state index < -0.39 is 0 Å². The van der Waals surface area contributed by atoms with Crippen molar-refractivity contribution in [3.05, 3.63) is 57.6 Å². The van der Waals surface area contributed by atoms with Crippen LogP contribution in [-0.2, 0) is 17.8 Å². The smallest absolute Gasteiger partial charge is 0.262 e. The van der Waals surface area contributed by atoms with Gasteiger partial charge in [0.1, 0.15) is 0 Å². The van der Waals surface area contributed by atoms with Crippen LogP contribution < -0.4 is 5.56 Å². The summed E-state index contributed by atoms with van der Waals surface area (Å²) in [4.78, 5) is 26.4. The average Bonchev–Trinajstić information content (AvgIpc) is 3.41. The Bertz CT molecular complexity index is 1400. The number of aryl methyl sites for hydroxylation is 2. The van der Waals surface area contributed by atoms with Crippen molar-refractivity contribution < 1.29 is 9.53 Å². The molecule has 0 amide bonds. The lowest BCUT2D eigenvalue weighted by atomic mass is 10.2. The molecule has 0 spiro atoms. The maximum absolute atomic E-state index is 13.2. The first-order valence-electron chi connectivity index (χ1n) is 12.2. The minimum atomic E-state index is -0.0508. The van der Waals surface area contributed by atoms with Gasteiger partial charge in [0.05, 0.1) is 16.7 Å². The van der Waals surface area contributed by atoms with Crippen LogP contribution >= 0.6 is 11.8 Å². The van der Waals surface area contributed by atoms with E-state index in [1.807, 2.05) is 48.6 Å². The SMILES string of the molecule is CCCCCn1c(=O)c2ccccc2n2c(SCC(=O)c3cc(C)n(CCCOC)c3C)nnc12. The molecule has 0 aliphatic heterocycles. The summed E-state index contributed by atoms with van der Waals surface area (Å²) in [7, 11) is 1.70. The molecule has 1 aromatic carbocycles. The summed E-state index contributed by atoms with van der Waals surface area (Å²) in [5.41, 5.74) is 3.50. The lowest BCUT2D eigenvalue weighted by Crippen LogP contribution is -2.23. The van der Waals surface area contributed by atoms with Gasteiger partial charge in [0.15, 0.2) is 10.9 Å². The molecule has 0 radical (unpaired) electrons. The summed E-state index contributed by atoms with van der Waals surface area (Å²) in [6.45, 7) is 8.26. The number of fused-ring (bicyclic) bond motifs is 3. The van der Waals surface area contributed by atoms with Gasteiger partial charge >= 0.3 is 0 Å². The molecule has 4 rings (SSSR count). The number of methoxy groups -OCH3 is 1. The van der Waals surface area contributed by atoms with Crippen LogP contribution in [0.15, 0.2) is 40.3 Å². The van der Waals surface area contributed by atoms with Crippen molar-refractivity contribution >= 4 is 34.2 Å². The van der Waals surface area contributed by atoms with E-state index in [1.54, 1.807) is 11.7 Å². The zero-order valence-corrected chi connectivity index (χ0v) is 21.7. The number of ether oxygens (including phenoxy) is 1. The number of rotatable bonds is 12. The normalized spacial score (nSPS) is 11.7. The van der Waals surface area contributed by atoms with E-state index in [9.17, 15) is 9.59 Å². The van der Waals surface area contributed by atoms with Gasteiger partial charge in [0.25, 0.3) is 5.56 Å². The number of unbranched alkanes of at least 4 members (excludes halogenated alkanes) is 2. The van der Waals surface area contributed by atoms with Crippen LogP contribution in [0.3, 0.4) is 0 Å². The number of hydrogen-bond donors (Lipinski definition) is 0. The zero-order chi connectivity index (χ0) is 24.9. The lowest BCUT2D eigenvalue weighted by Gasteiger charge is -2.11. The molecule has 0 saturated carbocycles. The molecule has 0 saturated heterocycles. The monoisotopic (exact) mass is 495 g/mol. The van der Waals surface area contributed by atoms with Gasteiger partial charge in [0.2, 0.25) is 5.78 Å². The van der Waals surface area contributed by atoms with Crippen LogP contribution in [0.25, 0.3) is 16.7 Å². The highest BCUT2D eigenvalue weighted by Gasteiger charge is 2.20. The van der Waals surface area contributed by atoms with Crippen molar-refractivity contribution in [1.29, 1.82) is 0 Å². The summed E-state index contributed by atoms with van der Waals surface area (Å²) in [5, 5.41) is 9.99. The summed E-state index contributed by atoms with van der Waals surface area (Å²) in [6.07, 6.45) is 3.91.